The van der Waals surface area contributed by atoms with Crippen LogP contribution in [0.15, 0.2) is 33.9 Å². The average Bonchev–Trinajstić information content (AvgIpc) is 2.82. The van der Waals surface area contributed by atoms with E-state index in [0.717, 1.165) is 6.42 Å². The van der Waals surface area contributed by atoms with Gasteiger partial charge in [-0.3, -0.25) is 0 Å². The van der Waals surface area contributed by atoms with Crippen LogP contribution in [0, 0.1) is 5.82 Å². The number of rotatable bonds is 2. The normalized spacial score (nSPS) is 22.1. The molecule has 0 saturated carbocycles. The van der Waals surface area contributed by atoms with Crippen molar-refractivity contribution >= 4 is 40.4 Å². The summed E-state index contributed by atoms with van der Waals surface area (Å²) < 4.78 is 15.1. The van der Waals surface area contributed by atoms with Crippen molar-refractivity contribution in [1.82, 2.24) is 0 Å². The molecular formula is C14H13ClFNS2. The zero-order chi connectivity index (χ0) is 13.4. The van der Waals surface area contributed by atoms with E-state index in [2.05, 4.69) is 23.7 Å². The quantitative estimate of drug-likeness (QED) is 0.777. The zero-order valence-corrected chi connectivity index (χ0v) is 12.7. The Morgan fingerprint density at radius 2 is 2.21 bits per heavy atom. The third-order valence-corrected chi connectivity index (χ3v) is 5.75. The van der Waals surface area contributed by atoms with E-state index < -0.39 is 0 Å². The highest BCUT2D eigenvalue weighted by Gasteiger charge is 2.26. The molecule has 0 amide bonds. The lowest BCUT2D eigenvalue weighted by Gasteiger charge is -2.28. The minimum Gasteiger partial charge on any atom is -0.376 e. The van der Waals surface area contributed by atoms with Gasteiger partial charge in [0, 0.05) is 10.3 Å². The maximum Gasteiger partial charge on any atom is 0.146 e. The standard InChI is InChI=1S/C14H13ClFNS2/c1-8-6-12(10-4-5-18-14(10)19-8)17-13-7-9(15)2-3-11(13)16/h2-5,7-8,12,17H,6H2,1H3/t8-,12?/m0/s1. The molecule has 0 radical (unpaired) electrons. The molecule has 0 spiro atoms. The summed E-state index contributed by atoms with van der Waals surface area (Å²) in [5, 5.41) is 6.47. The molecule has 0 saturated heterocycles. The number of fused-ring (bicyclic) bond motifs is 1. The van der Waals surface area contributed by atoms with Gasteiger partial charge >= 0.3 is 0 Å². The van der Waals surface area contributed by atoms with Gasteiger partial charge in [-0.2, -0.15) is 0 Å². The molecule has 1 unspecified atom stereocenters. The van der Waals surface area contributed by atoms with E-state index in [-0.39, 0.29) is 11.9 Å². The highest BCUT2D eigenvalue weighted by atomic mass is 35.5. The summed E-state index contributed by atoms with van der Waals surface area (Å²) in [5.74, 6) is -0.257. The van der Waals surface area contributed by atoms with Crippen molar-refractivity contribution in [3.63, 3.8) is 0 Å². The fourth-order valence-electron chi connectivity index (χ4n) is 2.28. The van der Waals surface area contributed by atoms with E-state index in [9.17, 15) is 4.39 Å². The fraction of sp³-hybridized carbons (Fsp3) is 0.286. The van der Waals surface area contributed by atoms with Crippen LogP contribution in [-0.4, -0.2) is 5.25 Å². The highest BCUT2D eigenvalue weighted by Crippen LogP contribution is 2.45. The minimum atomic E-state index is -0.257. The average molecular weight is 314 g/mol. The summed E-state index contributed by atoms with van der Waals surface area (Å²) in [6.07, 6.45) is 0.986. The number of halogens is 2. The van der Waals surface area contributed by atoms with Gasteiger partial charge in [-0.1, -0.05) is 18.5 Å². The van der Waals surface area contributed by atoms with Crippen LogP contribution in [0.1, 0.15) is 24.9 Å². The van der Waals surface area contributed by atoms with Gasteiger partial charge in [-0.15, -0.1) is 23.1 Å². The van der Waals surface area contributed by atoms with Crippen LogP contribution < -0.4 is 5.32 Å². The van der Waals surface area contributed by atoms with Gasteiger partial charge in [-0.25, -0.2) is 4.39 Å². The first-order chi connectivity index (χ1) is 9.13. The molecule has 5 heteroatoms. The van der Waals surface area contributed by atoms with Crippen LogP contribution in [0.5, 0.6) is 0 Å². The predicted octanol–water partition coefficient (Wildman–Crippen LogP) is 5.58. The van der Waals surface area contributed by atoms with Crippen molar-refractivity contribution in [1.29, 1.82) is 0 Å². The van der Waals surface area contributed by atoms with E-state index in [4.69, 9.17) is 11.6 Å². The van der Waals surface area contributed by atoms with Crippen LogP contribution >= 0.6 is 34.7 Å². The summed E-state index contributed by atoms with van der Waals surface area (Å²) in [7, 11) is 0. The SMILES string of the molecule is C[C@H]1CC(Nc2cc(Cl)ccc2F)c2ccsc2S1. The number of nitrogens with one attached hydrogen (secondary N) is 1. The van der Waals surface area contributed by atoms with E-state index in [0.29, 0.717) is 16.0 Å². The number of thiophene rings is 1. The molecule has 0 bridgehead atoms. The van der Waals surface area contributed by atoms with Crippen LogP contribution in [0.2, 0.25) is 5.02 Å². The van der Waals surface area contributed by atoms with Gasteiger partial charge in [0.1, 0.15) is 5.82 Å². The summed E-state index contributed by atoms with van der Waals surface area (Å²) in [6.45, 7) is 2.20. The Morgan fingerprint density at radius 3 is 3.05 bits per heavy atom. The molecule has 0 aliphatic carbocycles. The van der Waals surface area contributed by atoms with Gasteiger partial charge in [-0.05, 0) is 41.6 Å². The van der Waals surface area contributed by atoms with Crippen molar-refractivity contribution in [3.05, 3.63) is 46.0 Å². The van der Waals surface area contributed by atoms with Gasteiger partial charge < -0.3 is 5.32 Å². The molecule has 1 N–H and O–H groups in total. The molecule has 2 heterocycles. The number of hydrogen-bond acceptors (Lipinski definition) is 3. The second kappa shape index (κ2) is 5.35. The van der Waals surface area contributed by atoms with E-state index in [1.807, 2.05) is 11.8 Å². The van der Waals surface area contributed by atoms with Crippen molar-refractivity contribution in [3.8, 4) is 0 Å². The van der Waals surface area contributed by atoms with Crippen LogP contribution in [-0.2, 0) is 0 Å². The van der Waals surface area contributed by atoms with Crippen molar-refractivity contribution in [2.75, 3.05) is 5.32 Å². The Kier molecular flexibility index (Phi) is 3.74. The lowest BCUT2D eigenvalue weighted by molar-refractivity contribution is 0.616. The third-order valence-electron chi connectivity index (χ3n) is 3.17. The fourth-order valence-corrected chi connectivity index (χ4v) is 5.02. The topological polar surface area (TPSA) is 12.0 Å². The van der Waals surface area contributed by atoms with Crippen LogP contribution in [0.3, 0.4) is 0 Å². The van der Waals surface area contributed by atoms with Gasteiger partial charge in [0.15, 0.2) is 0 Å². The Bertz CT molecular complexity index is 599. The second-order valence-corrected chi connectivity index (χ2v) is 7.71. The van der Waals surface area contributed by atoms with E-state index in [1.165, 1.54) is 15.8 Å². The lowest BCUT2D eigenvalue weighted by atomic mass is 10.0. The Hall–Kier alpha value is -0.710. The van der Waals surface area contributed by atoms with Gasteiger partial charge in [0.2, 0.25) is 0 Å². The molecule has 1 aliphatic heterocycles. The number of hydrogen-bond donors (Lipinski definition) is 1. The zero-order valence-electron chi connectivity index (χ0n) is 10.3. The van der Waals surface area contributed by atoms with Crippen LogP contribution in [0.4, 0.5) is 10.1 Å². The lowest BCUT2D eigenvalue weighted by Crippen LogP contribution is -2.19. The molecule has 100 valence electrons. The highest BCUT2D eigenvalue weighted by molar-refractivity contribution is 8.01. The largest absolute Gasteiger partial charge is 0.376 e. The van der Waals surface area contributed by atoms with Gasteiger partial charge in [0.25, 0.3) is 0 Å². The van der Waals surface area contributed by atoms with Gasteiger partial charge in [0.05, 0.1) is 15.9 Å². The van der Waals surface area contributed by atoms with Crippen molar-refractivity contribution in [2.45, 2.75) is 28.8 Å². The number of anilines is 1. The molecule has 1 aromatic carbocycles. The number of benzene rings is 1. The van der Waals surface area contributed by atoms with E-state index in [1.54, 1.807) is 23.5 Å². The maximum atomic E-state index is 13.8. The number of thioether (sulfide) groups is 1. The summed E-state index contributed by atoms with van der Waals surface area (Å²) in [5.41, 5.74) is 1.75. The molecule has 19 heavy (non-hydrogen) atoms. The summed E-state index contributed by atoms with van der Waals surface area (Å²) in [6, 6.07) is 6.90. The van der Waals surface area contributed by atoms with Crippen molar-refractivity contribution < 1.29 is 4.39 Å². The first-order valence-corrected chi connectivity index (χ1v) is 8.23. The molecular weight excluding hydrogens is 301 g/mol. The predicted molar refractivity (Wildman–Crippen MR) is 82.0 cm³/mol. The molecule has 0 fully saturated rings. The molecule has 1 aromatic heterocycles. The smallest absolute Gasteiger partial charge is 0.146 e. The first-order valence-electron chi connectivity index (χ1n) is 6.09. The minimum absolute atomic E-state index is 0.158. The summed E-state index contributed by atoms with van der Waals surface area (Å²) in [4.78, 5) is 0. The molecule has 2 aromatic rings. The van der Waals surface area contributed by atoms with Crippen LogP contribution in [0.25, 0.3) is 0 Å². The summed E-state index contributed by atoms with van der Waals surface area (Å²) >= 11 is 9.59. The Morgan fingerprint density at radius 1 is 1.37 bits per heavy atom. The maximum absolute atomic E-state index is 13.8. The molecule has 2 atom stereocenters. The van der Waals surface area contributed by atoms with E-state index >= 15 is 0 Å². The monoisotopic (exact) mass is 313 g/mol. The second-order valence-electron chi connectivity index (χ2n) is 4.65. The molecule has 3 rings (SSSR count). The third kappa shape index (κ3) is 2.76. The molecule has 1 nitrogen and oxygen atoms in total. The Balaban J connectivity index is 1.90. The van der Waals surface area contributed by atoms with Crippen molar-refractivity contribution in [2.24, 2.45) is 0 Å². The Labute approximate surface area is 125 Å². The first kappa shape index (κ1) is 13.3. The molecule has 1 aliphatic rings.